The van der Waals surface area contributed by atoms with Crippen molar-refractivity contribution in [3.8, 4) is 0 Å². The molecule has 21 heavy (non-hydrogen) atoms. The van der Waals surface area contributed by atoms with Gasteiger partial charge in [-0.3, -0.25) is 0 Å². The van der Waals surface area contributed by atoms with E-state index in [0.29, 0.717) is 0 Å². The topological polar surface area (TPSA) is 38.0 Å². The van der Waals surface area contributed by atoms with Crippen LogP contribution in [0.4, 0.5) is 28.9 Å². The van der Waals surface area contributed by atoms with Crippen molar-refractivity contribution in [2.75, 3.05) is 5.32 Å². The zero-order valence-corrected chi connectivity index (χ0v) is 11.4. The fourth-order valence-electron chi connectivity index (χ4n) is 1.81. The zero-order chi connectivity index (χ0) is 15.6. The summed E-state index contributed by atoms with van der Waals surface area (Å²) in [6.07, 6.45) is -4.45. The van der Waals surface area contributed by atoms with Gasteiger partial charge in [-0.15, -0.1) is 0 Å². The minimum atomic E-state index is -4.45. The molecule has 0 aromatic heterocycles. The molecule has 0 unspecified atom stereocenters. The van der Waals surface area contributed by atoms with Gasteiger partial charge in [-0.25, -0.2) is 4.39 Å². The van der Waals surface area contributed by atoms with Gasteiger partial charge < -0.3 is 11.1 Å². The number of nitrogens with two attached hydrogens (primary N) is 1. The summed E-state index contributed by atoms with van der Waals surface area (Å²) in [5, 5.41) is 2.70. The molecule has 0 saturated carbocycles. The number of nitrogens with one attached hydrogen (secondary N) is 1. The van der Waals surface area contributed by atoms with Gasteiger partial charge in [-0.05, 0) is 30.3 Å². The maximum atomic E-state index is 13.7. The van der Waals surface area contributed by atoms with E-state index in [1.807, 2.05) is 0 Å². The van der Waals surface area contributed by atoms with Gasteiger partial charge in [-0.2, -0.15) is 13.2 Å². The Kier molecular flexibility index (Phi) is 4.13. The summed E-state index contributed by atoms with van der Waals surface area (Å²) in [5.41, 5.74) is 4.97. The number of alkyl halides is 3. The van der Waals surface area contributed by atoms with Crippen LogP contribution in [0.5, 0.6) is 0 Å². The van der Waals surface area contributed by atoms with Crippen LogP contribution in [0.2, 0.25) is 0 Å². The van der Waals surface area contributed by atoms with Gasteiger partial charge in [0.2, 0.25) is 0 Å². The minimum absolute atomic E-state index is 0.0371. The first kappa shape index (κ1) is 15.2. The smallest absolute Gasteiger partial charge is 0.389 e. The third kappa shape index (κ3) is 3.49. The standard InChI is InChI=1S/C14H10F4N2S/c15-10-5-2-6-11(12(10)13(19)21)20-9-4-1-3-8(7-9)14(16,17)18/h1-7,20H,(H2,19,21). The van der Waals surface area contributed by atoms with Crippen molar-refractivity contribution in [3.05, 3.63) is 59.4 Å². The zero-order valence-electron chi connectivity index (χ0n) is 10.5. The molecular weight excluding hydrogens is 304 g/mol. The largest absolute Gasteiger partial charge is 0.416 e. The van der Waals surface area contributed by atoms with Crippen LogP contribution in [0, 0.1) is 5.82 Å². The molecule has 0 aliphatic heterocycles. The average molecular weight is 314 g/mol. The molecule has 0 bridgehead atoms. The first-order chi connectivity index (χ1) is 9.79. The van der Waals surface area contributed by atoms with E-state index in [9.17, 15) is 17.6 Å². The molecule has 0 fully saturated rings. The van der Waals surface area contributed by atoms with Crippen molar-refractivity contribution in [2.45, 2.75) is 6.18 Å². The molecule has 0 atom stereocenters. The highest BCUT2D eigenvalue weighted by atomic mass is 32.1. The molecule has 0 amide bonds. The molecule has 7 heteroatoms. The lowest BCUT2D eigenvalue weighted by molar-refractivity contribution is -0.137. The Morgan fingerprint density at radius 1 is 1.10 bits per heavy atom. The summed E-state index contributed by atoms with van der Waals surface area (Å²) in [7, 11) is 0. The Labute approximate surface area is 123 Å². The molecular formula is C14H10F4N2S. The minimum Gasteiger partial charge on any atom is -0.389 e. The van der Waals surface area contributed by atoms with Gasteiger partial charge in [-0.1, -0.05) is 24.4 Å². The second-order valence-electron chi connectivity index (χ2n) is 4.23. The van der Waals surface area contributed by atoms with E-state index in [2.05, 4.69) is 5.32 Å². The van der Waals surface area contributed by atoms with Gasteiger partial charge in [0.15, 0.2) is 0 Å². The SMILES string of the molecule is NC(=S)c1c(F)cccc1Nc1cccc(C(F)(F)F)c1. The number of anilines is 2. The average Bonchev–Trinajstić information content (AvgIpc) is 2.37. The number of hydrogen-bond acceptors (Lipinski definition) is 2. The molecule has 2 rings (SSSR count). The summed E-state index contributed by atoms with van der Waals surface area (Å²) in [5.74, 6) is -0.639. The maximum Gasteiger partial charge on any atom is 0.416 e. The lowest BCUT2D eigenvalue weighted by Crippen LogP contribution is -2.14. The van der Waals surface area contributed by atoms with E-state index in [-0.39, 0.29) is 21.9 Å². The molecule has 0 saturated heterocycles. The van der Waals surface area contributed by atoms with E-state index in [1.165, 1.54) is 30.3 Å². The Balaban J connectivity index is 2.40. The molecule has 2 aromatic rings. The molecule has 0 radical (unpaired) electrons. The Morgan fingerprint density at radius 2 is 1.76 bits per heavy atom. The van der Waals surface area contributed by atoms with Gasteiger partial charge in [0.1, 0.15) is 10.8 Å². The second-order valence-corrected chi connectivity index (χ2v) is 4.67. The van der Waals surface area contributed by atoms with Crippen LogP contribution in [0.3, 0.4) is 0 Å². The molecule has 0 aliphatic carbocycles. The highest BCUT2D eigenvalue weighted by Crippen LogP contribution is 2.32. The number of rotatable bonds is 3. The van der Waals surface area contributed by atoms with Crippen molar-refractivity contribution in [2.24, 2.45) is 5.73 Å². The maximum absolute atomic E-state index is 13.7. The Morgan fingerprint density at radius 3 is 2.38 bits per heavy atom. The van der Waals surface area contributed by atoms with Gasteiger partial charge >= 0.3 is 6.18 Å². The summed E-state index contributed by atoms with van der Waals surface area (Å²) in [6.45, 7) is 0. The van der Waals surface area contributed by atoms with E-state index in [4.69, 9.17) is 18.0 Å². The number of halogens is 4. The Hall–Kier alpha value is -2.15. The van der Waals surface area contributed by atoms with Crippen LogP contribution in [-0.2, 0) is 6.18 Å². The fraction of sp³-hybridized carbons (Fsp3) is 0.0714. The van der Waals surface area contributed by atoms with Gasteiger partial charge in [0.25, 0.3) is 0 Å². The summed E-state index contributed by atoms with van der Waals surface area (Å²) in [6, 6.07) is 8.63. The van der Waals surface area contributed by atoms with Crippen LogP contribution in [0.1, 0.15) is 11.1 Å². The first-order valence-corrected chi connectivity index (χ1v) is 6.22. The molecule has 2 nitrogen and oxygen atoms in total. The normalized spacial score (nSPS) is 11.2. The molecule has 2 aromatic carbocycles. The van der Waals surface area contributed by atoms with E-state index in [0.717, 1.165) is 12.1 Å². The molecule has 0 aliphatic rings. The molecule has 3 N–H and O–H groups in total. The second kappa shape index (κ2) is 5.69. The van der Waals surface area contributed by atoms with Crippen LogP contribution in [0.25, 0.3) is 0 Å². The third-order valence-electron chi connectivity index (χ3n) is 2.73. The van der Waals surface area contributed by atoms with Crippen molar-refractivity contribution in [1.29, 1.82) is 0 Å². The fourth-order valence-corrected chi connectivity index (χ4v) is 2.01. The predicted octanol–water partition coefficient (Wildman–Crippen LogP) is 4.22. The first-order valence-electron chi connectivity index (χ1n) is 5.81. The number of benzene rings is 2. The number of hydrogen-bond donors (Lipinski definition) is 2. The lowest BCUT2D eigenvalue weighted by atomic mass is 10.1. The summed E-state index contributed by atoms with van der Waals surface area (Å²) >= 11 is 4.76. The lowest BCUT2D eigenvalue weighted by Gasteiger charge is -2.13. The molecule has 0 heterocycles. The van der Waals surface area contributed by atoms with Crippen molar-refractivity contribution >= 4 is 28.6 Å². The van der Waals surface area contributed by atoms with Crippen LogP contribution in [-0.4, -0.2) is 4.99 Å². The van der Waals surface area contributed by atoms with Crippen LogP contribution >= 0.6 is 12.2 Å². The van der Waals surface area contributed by atoms with Gasteiger partial charge in [0.05, 0.1) is 16.8 Å². The van der Waals surface area contributed by atoms with Crippen LogP contribution < -0.4 is 11.1 Å². The van der Waals surface area contributed by atoms with E-state index >= 15 is 0 Å². The van der Waals surface area contributed by atoms with Crippen LogP contribution in [0.15, 0.2) is 42.5 Å². The summed E-state index contributed by atoms with van der Waals surface area (Å²) < 4.78 is 51.6. The molecule has 110 valence electrons. The van der Waals surface area contributed by atoms with E-state index < -0.39 is 17.6 Å². The number of thiocarbonyl (C=S) groups is 1. The summed E-state index contributed by atoms with van der Waals surface area (Å²) in [4.78, 5) is -0.178. The molecule has 0 spiro atoms. The van der Waals surface area contributed by atoms with E-state index in [1.54, 1.807) is 0 Å². The Bertz CT molecular complexity index is 683. The monoisotopic (exact) mass is 314 g/mol. The predicted molar refractivity (Wildman–Crippen MR) is 77.0 cm³/mol. The highest BCUT2D eigenvalue weighted by Gasteiger charge is 2.30. The van der Waals surface area contributed by atoms with Crippen molar-refractivity contribution < 1.29 is 17.6 Å². The highest BCUT2D eigenvalue weighted by molar-refractivity contribution is 7.80. The van der Waals surface area contributed by atoms with Crippen molar-refractivity contribution in [3.63, 3.8) is 0 Å². The third-order valence-corrected chi connectivity index (χ3v) is 2.93. The van der Waals surface area contributed by atoms with Crippen molar-refractivity contribution in [1.82, 2.24) is 0 Å². The quantitative estimate of drug-likeness (QED) is 0.658. The van der Waals surface area contributed by atoms with Gasteiger partial charge in [0, 0.05) is 5.69 Å².